The highest BCUT2D eigenvalue weighted by atomic mass is 16.5. The summed E-state index contributed by atoms with van der Waals surface area (Å²) >= 11 is 0. The van der Waals surface area contributed by atoms with E-state index in [1.807, 2.05) is 20.8 Å². The smallest absolute Gasteiger partial charge is 0.255 e. The highest BCUT2D eigenvalue weighted by molar-refractivity contribution is 5.94. The van der Waals surface area contributed by atoms with E-state index in [0.717, 1.165) is 12.8 Å². The molecule has 122 valence electrons. The molecule has 1 aromatic heterocycles. The number of aliphatic hydroxyl groups is 1. The topological polar surface area (TPSA) is 62.7 Å². The first-order chi connectivity index (χ1) is 10.3. The third-order valence-electron chi connectivity index (χ3n) is 3.96. The molecule has 0 radical (unpaired) electrons. The molecule has 1 amide bonds. The molecule has 2 rings (SSSR count). The monoisotopic (exact) mass is 306 g/mol. The van der Waals surface area contributed by atoms with E-state index in [-0.39, 0.29) is 24.2 Å². The van der Waals surface area contributed by atoms with Crippen molar-refractivity contribution in [2.75, 3.05) is 13.2 Å². The average Bonchev–Trinajstić information content (AvgIpc) is 2.45. The van der Waals surface area contributed by atoms with Gasteiger partial charge in [-0.2, -0.15) is 0 Å². The second-order valence-corrected chi connectivity index (χ2v) is 6.97. The van der Waals surface area contributed by atoms with E-state index >= 15 is 0 Å². The number of hydrogen-bond donors (Lipinski definition) is 1. The molecule has 2 atom stereocenters. The summed E-state index contributed by atoms with van der Waals surface area (Å²) in [5.41, 5.74) is 0.219. The van der Waals surface area contributed by atoms with Crippen LogP contribution >= 0.6 is 0 Å². The summed E-state index contributed by atoms with van der Waals surface area (Å²) in [7, 11) is 0. The lowest BCUT2D eigenvalue weighted by Crippen LogP contribution is -2.49. The van der Waals surface area contributed by atoms with Gasteiger partial charge < -0.3 is 14.7 Å². The van der Waals surface area contributed by atoms with E-state index in [4.69, 9.17) is 4.74 Å². The van der Waals surface area contributed by atoms with Crippen LogP contribution in [0.4, 0.5) is 0 Å². The lowest BCUT2D eigenvalue weighted by atomic mass is 9.91. The molecule has 0 aromatic carbocycles. The van der Waals surface area contributed by atoms with Gasteiger partial charge in [0.2, 0.25) is 5.88 Å². The summed E-state index contributed by atoms with van der Waals surface area (Å²) in [6.07, 6.45) is 3.57. The van der Waals surface area contributed by atoms with Crippen molar-refractivity contribution in [1.82, 2.24) is 9.88 Å². The first-order valence-electron chi connectivity index (χ1n) is 7.88. The standard InChI is InChI=1S/C17H26N2O3/c1-12-6-5-9-19(14(12)11-20)16(21)13-7-8-15(18-10-13)22-17(2,3)4/h7-8,10,12,14,20H,5-6,9,11H2,1-4H3. The molecule has 1 N–H and O–H groups in total. The number of piperidine rings is 1. The van der Waals surface area contributed by atoms with Crippen molar-refractivity contribution >= 4 is 5.91 Å². The van der Waals surface area contributed by atoms with Gasteiger partial charge in [-0.3, -0.25) is 4.79 Å². The van der Waals surface area contributed by atoms with Crippen molar-refractivity contribution in [3.05, 3.63) is 23.9 Å². The lowest BCUT2D eigenvalue weighted by molar-refractivity contribution is 0.0358. The number of carbonyl (C=O) groups is 1. The number of carbonyl (C=O) groups excluding carboxylic acids is 1. The highest BCUT2D eigenvalue weighted by Crippen LogP contribution is 2.25. The van der Waals surface area contributed by atoms with E-state index in [1.54, 1.807) is 23.2 Å². The van der Waals surface area contributed by atoms with Crippen molar-refractivity contribution in [2.24, 2.45) is 5.92 Å². The molecular formula is C17H26N2O3. The Labute approximate surface area is 132 Å². The number of pyridine rings is 1. The van der Waals surface area contributed by atoms with Gasteiger partial charge in [-0.15, -0.1) is 0 Å². The van der Waals surface area contributed by atoms with E-state index < -0.39 is 0 Å². The van der Waals surface area contributed by atoms with Crippen molar-refractivity contribution in [2.45, 2.75) is 52.2 Å². The van der Waals surface area contributed by atoms with Crippen molar-refractivity contribution < 1.29 is 14.6 Å². The van der Waals surface area contributed by atoms with E-state index in [1.165, 1.54) is 0 Å². The number of nitrogens with zero attached hydrogens (tertiary/aromatic N) is 2. The predicted octanol–water partition coefficient (Wildman–Crippen LogP) is 2.49. The van der Waals surface area contributed by atoms with Gasteiger partial charge in [-0.25, -0.2) is 4.98 Å². The molecule has 5 heteroatoms. The minimum atomic E-state index is -0.317. The van der Waals surface area contributed by atoms with Gasteiger partial charge in [0.05, 0.1) is 18.2 Å². The molecule has 1 aliphatic heterocycles. The first-order valence-corrected chi connectivity index (χ1v) is 7.88. The Morgan fingerprint density at radius 1 is 1.45 bits per heavy atom. The summed E-state index contributed by atoms with van der Waals surface area (Å²) in [5.74, 6) is 0.759. The van der Waals surface area contributed by atoms with Gasteiger partial charge in [-0.05, 0) is 45.6 Å². The molecule has 2 unspecified atom stereocenters. The van der Waals surface area contributed by atoms with Gasteiger partial charge in [0.15, 0.2) is 0 Å². The van der Waals surface area contributed by atoms with Crippen LogP contribution in [0.3, 0.4) is 0 Å². The molecule has 1 aliphatic rings. The summed E-state index contributed by atoms with van der Waals surface area (Å²) in [6.45, 7) is 8.64. The number of aromatic nitrogens is 1. The Hall–Kier alpha value is -1.62. The molecule has 1 fully saturated rings. The fraction of sp³-hybridized carbons (Fsp3) is 0.647. The third kappa shape index (κ3) is 3.97. The molecular weight excluding hydrogens is 280 g/mol. The van der Waals surface area contributed by atoms with Gasteiger partial charge in [-0.1, -0.05) is 6.92 Å². The van der Waals surface area contributed by atoms with Gasteiger partial charge >= 0.3 is 0 Å². The number of amides is 1. The summed E-state index contributed by atoms with van der Waals surface area (Å²) in [6, 6.07) is 3.36. The third-order valence-corrected chi connectivity index (χ3v) is 3.96. The highest BCUT2D eigenvalue weighted by Gasteiger charge is 2.31. The maximum Gasteiger partial charge on any atom is 0.255 e. The van der Waals surface area contributed by atoms with Gasteiger partial charge in [0, 0.05) is 18.8 Å². The maximum atomic E-state index is 12.6. The first kappa shape index (κ1) is 16.7. The zero-order valence-electron chi connectivity index (χ0n) is 13.9. The second-order valence-electron chi connectivity index (χ2n) is 6.97. The number of ether oxygens (including phenoxy) is 1. The molecule has 2 heterocycles. The molecule has 1 saturated heterocycles. The van der Waals surface area contributed by atoms with Crippen LogP contribution in [0.1, 0.15) is 50.9 Å². The maximum absolute atomic E-state index is 12.6. The van der Waals surface area contributed by atoms with Crippen molar-refractivity contribution in [3.8, 4) is 5.88 Å². The van der Waals surface area contributed by atoms with Crippen LogP contribution < -0.4 is 4.74 Å². The minimum absolute atomic E-state index is 0.00551. The number of aliphatic hydroxyl groups excluding tert-OH is 1. The summed E-state index contributed by atoms with van der Waals surface area (Å²) in [5, 5.41) is 9.57. The van der Waals surface area contributed by atoms with Gasteiger partial charge in [0.25, 0.3) is 5.91 Å². The Bertz CT molecular complexity index is 508. The molecule has 0 bridgehead atoms. The van der Waals surface area contributed by atoms with Crippen LogP contribution in [-0.4, -0.2) is 45.7 Å². The van der Waals surface area contributed by atoms with Crippen molar-refractivity contribution in [3.63, 3.8) is 0 Å². The Balaban J connectivity index is 2.12. The van der Waals surface area contributed by atoms with Crippen LogP contribution in [-0.2, 0) is 0 Å². The fourth-order valence-electron chi connectivity index (χ4n) is 2.83. The predicted molar refractivity (Wildman–Crippen MR) is 84.9 cm³/mol. The molecule has 0 spiro atoms. The number of rotatable bonds is 3. The van der Waals surface area contributed by atoms with Crippen LogP contribution in [0.25, 0.3) is 0 Å². The number of likely N-dealkylation sites (tertiary alicyclic amines) is 1. The Kier molecular flexibility index (Phi) is 5.06. The van der Waals surface area contributed by atoms with Crippen LogP contribution in [0.15, 0.2) is 18.3 Å². The molecule has 5 nitrogen and oxygen atoms in total. The average molecular weight is 306 g/mol. The number of hydrogen-bond acceptors (Lipinski definition) is 4. The van der Waals surface area contributed by atoms with Crippen LogP contribution in [0.2, 0.25) is 0 Å². The largest absolute Gasteiger partial charge is 0.472 e. The normalized spacial score (nSPS) is 22.5. The second kappa shape index (κ2) is 6.65. The zero-order chi connectivity index (χ0) is 16.3. The van der Waals surface area contributed by atoms with Crippen molar-refractivity contribution in [1.29, 1.82) is 0 Å². The van der Waals surface area contributed by atoms with E-state index in [9.17, 15) is 9.90 Å². The molecule has 0 saturated carbocycles. The van der Waals surface area contributed by atoms with Gasteiger partial charge in [0.1, 0.15) is 5.60 Å². The quantitative estimate of drug-likeness (QED) is 0.932. The zero-order valence-corrected chi connectivity index (χ0v) is 13.9. The fourth-order valence-corrected chi connectivity index (χ4v) is 2.83. The van der Waals surface area contributed by atoms with Crippen LogP contribution in [0, 0.1) is 5.92 Å². The van der Waals surface area contributed by atoms with E-state index in [2.05, 4.69) is 11.9 Å². The Morgan fingerprint density at radius 2 is 2.18 bits per heavy atom. The van der Waals surface area contributed by atoms with Crippen LogP contribution in [0.5, 0.6) is 5.88 Å². The van der Waals surface area contributed by atoms with E-state index in [0.29, 0.717) is 23.9 Å². The minimum Gasteiger partial charge on any atom is -0.472 e. The summed E-state index contributed by atoms with van der Waals surface area (Å²) in [4.78, 5) is 18.6. The summed E-state index contributed by atoms with van der Waals surface area (Å²) < 4.78 is 5.67. The lowest BCUT2D eigenvalue weighted by Gasteiger charge is -2.39. The molecule has 0 aliphatic carbocycles. The molecule has 22 heavy (non-hydrogen) atoms. The molecule has 1 aromatic rings. The Morgan fingerprint density at radius 3 is 2.73 bits per heavy atom. The SMILES string of the molecule is CC1CCCN(C(=O)c2ccc(OC(C)(C)C)nc2)C1CO.